The van der Waals surface area contributed by atoms with E-state index in [1.165, 1.54) is 0 Å². The molecular formula is C26H29N3O5. The standard InChI is InChI=1S/C26H29N3O5/c1-16-7-6-8-17(2)29(16)23(30)15-33-20-13-11-19(12-14-20)26(32)34-18(3)24-27-22-10-5-4-9-21(22)25(31)28-24/h4-5,9-14,16-18H,6-8,15H2,1-3H3,(H,27,28,31)/t16-,17-,18+/m1/s1. The average Bonchev–Trinajstić information content (AvgIpc) is 2.83. The van der Waals surface area contributed by atoms with Crippen molar-refractivity contribution < 1.29 is 19.1 Å². The van der Waals surface area contributed by atoms with Gasteiger partial charge in [-0.05, 0) is 76.4 Å². The third-order valence-electron chi connectivity index (χ3n) is 6.23. The number of likely N-dealkylation sites (tertiary alicyclic amines) is 1. The van der Waals surface area contributed by atoms with Crippen LogP contribution in [0, 0.1) is 0 Å². The van der Waals surface area contributed by atoms with Gasteiger partial charge in [0.15, 0.2) is 18.5 Å². The first-order valence-corrected chi connectivity index (χ1v) is 11.6. The predicted molar refractivity (Wildman–Crippen MR) is 128 cm³/mol. The number of carbonyl (C=O) groups excluding carboxylic acids is 2. The van der Waals surface area contributed by atoms with Crippen LogP contribution in [0.1, 0.15) is 62.3 Å². The van der Waals surface area contributed by atoms with E-state index in [2.05, 4.69) is 23.8 Å². The van der Waals surface area contributed by atoms with E-state index in [1.807, 2.05) is 4.90 Å². The minimum absolute atomic E-state index is 0.0334. The molecular weight excluding hydrogens is 434 g/mol. The van der Waals surface area contributed by atoms with Gasteiger partial charge < -0.3 is 19.4 Å². The number of hydrogen-bond donors (Lipinski definition) is 1. The first kappa shape index (κ1) is 23.5. The molecule has 0 bridgehead atoms. The van der Waals surface area contributed by atoms with Crippen molar-refractivity contribution in [3.63, 3.8) is 0 Å². The smallest absolute Gasteiger partial charge is 0.338 e. The highest BCUT2D eigenvalue weighted by molar-refractivity contribution is 5.89. The molecule has 8 nitrogen and oxygen atoms in total. The van der Waals surface area contributed by atoms with Crippen molar-refractivity contribution in [2.24, 2.45) is 0 Å². The van der Waals surface area contributed by atoms with Gasteiger partial charge in [-0.3, -0.25) is 9.59 Å². The first-order valence-electron chi connectivity index (χ1n) is 11.6. The molecule has 3 aromatic rings. The van der Waals surface area contributed by atoms with Gasteiger partial charge in [-0.1, -0.05) is 12.1 Å². The summed E-state index contributed by atoms with van der Waals surface area (Å²) in [5, 5.41) is 0.475. The summed E-state index contributed by atoms with van der Waals surface area (Å²) in [6.45, 7) is 5.74. The van der Waals surface area contributed by atoms with E-state index in [-0.39, 0.29) is 36.0 Å². The van der Waals surface area contributed by atoms with Gasteiger partial charge in [-0.2, -0.15) is 0 Å². The number of nitrogens with zero attached hydrogens (tertiary/aromatic N) is 2. The number of fused-ring (bicyclic) bond motifs is 1. The van der Waals surface area contributed by atoms with Crippen molar-refractivity contribution in [1.29, 1.82) is 0 Å². The van der Waals surface area contributed by atoms with Crippen molar-refractivity contribution in [3.8, 4) is 5.75 Å². The van der Waals surface area contributed by atoms with Gasteiger partial charge in [0, 0.05) is 12.1 Å². The monoisotopic (exact) mass is 463 g/mol. The number of aromatic nitrogens is 2. The Morgan fingerprint density at radius 2 is 1.76 bits per heavy atom. The van der Waals surface area contributed by atoms with Crippen LogP contribution in [0.15, 0.2) is 53.3 Å². The zero-order valence-corrected chi connectivity index (χ0v) is 19.6. The first-order chi connectivity index (χ1) is 16.3. The molecule has 178 valence electrons. The summed E-state index contributed by atoms with van der Waals surface area (Å²) in [6.07, 6.45) is 2.41. The Hall–Kier alpha value is -3.68. The normalized spacial score (nSPS) is 19.0. The van der Waals surface area contributed by atoms with Gasteiger partial charge in [0.1, 0.15) is 5.75 Å². The van der Waals surface area contributed by atoms with E-state index in [0.29, 0.717) is 22.2 Å². The SMILES string of the molecule is C[C@H](OC(=O)c1ccc(OCC(=O)N2[C@H](C)CCC[C@H]2C)cc1)c1nc2ccccc2c(=O)[nH]1. The fourth-order valence-corrected chi connectivity index (χ4v) is 4.40. The molecule has 0 aliphatic carbocycles. The van der Waals surface area contributed by atoms with Crippen LogP contribution in [-0.2, 0) is 9.53 Å². The summed E-state index contributed by atoms with van der Waals surface area (Å²) in [6, 6.07) is 13.8. The highest BCUT2D eigenvalue weighted by atomic mass is 16.5. The van der Waals surface area contributed by atoms with Crippen LogP contribution in [0.4, 0.5) is 0 Å². The Morgan fingerprint density at radius 3 is 2.47 bits per heavy atom. The molecule has 2 heterocycles. The number of rotatable bonds is 6. The number of ether oxygens (including phenoxy) is 2. The zero-order valence-electron chi connectivity index (χ0n) is 19.6. The molecule has 1 N–H and O–H groups in total. The van der Waals surface area contributed by atoms with Crippen molar-refractivity contribution >= 4 is 22.8 Å². The third kappa shape index (κ3) is 5.11. The van der Waals surface area contributed by atoms with E-state index < -0.39 is 12.1 Å². The van der Waals surface area contributed by atoms with E-state index >= 15 is 0 Å². The summed E-state index contributed by atoms with van der Waals surface area (Å²) >= 11 is 0. The van der Waals surface area contributed by atoms with Crippen molar-refractivity contribution in [3.05, 3.63) is 70.3 Å². The lowest BCUT2D eigenvalue weighted by atomic mass is 9.97. The molecule has 0 saturated carbocycles. The Labute approximate surface area is 197 Å². The lowest BCUT2D eigenvalue weighted by Gasteiger charge is -2.38. The molecule has 8 heteroatoms. The molecule has 4 rings (SSSR count). The third-order valence-corrected chi connectivity index (χ3v) is 6.23. The Balaban J connectivity index is 1.36. The number of hydrogen-bond acceptors (Lipinski definition) is 6. The van der Waals surface area contributed by atoms with Crippen LogP contribution in [0.3, 0.4) is 0 Å². The van der Waals surface area contributed by atoms with Gasteiger partial charge in [0.25, 0.3) is 11.5 Å². The predicted octanol–water partition coefficient (Wildman–Crippen LogP) is 4.01. The number of esters is 1. The second-order valence-corrected chi connectivity index (χ2v) is 8.76. The van der Waals surface area contributed by atoms with E-state index in [4.69, 9.17) is 9.47 Å². The largest absolute Gasteiger partial charge is 0.484 e. The lowest BCUT2D eigenvalue weighted by molar-refractivity contribution is -0.139. The van der Waals surface area contributed by atoms with E-state index in [0.717, 1.165) is 19.3 Å². The molecule has 1 aliphatic heterocycles. The van der Waals surface area contributed by atoms with E-state index in [1.54, 1.807) is 55.5 Å². The van der Waals surface area contributed by atoms with Crippen molar-refractivity contribution in [2.75, 3.05) is 6.61 Å². The fourth-order valence-electron chi connectivity index (χ4n) is 4.40. The Bertz CT molecular complexity index is 1230. The molecule has 34 heavy (non-hydrogen) atoms. The molecule has 0 unspecified atom stereocenters. The summed E-state index contributed by atoms with van der Waals surface area (Å²) in [4.78, 5) is 46.5. The highest BCUT2D eigenvalue weighted by Crippen LogP contribution is 2.23. The molecule has 3 atom stereocenters. The second kappa shape index (κ2) is 10.1. The Kier molecular flexibility index (Phi) is 6.95. The summed E-state index contributed by atoms with van der Waals surface area (Å²) in [5.41, 5.74) is 0.577. The maximum atomic E-state index is 12.6. The number of benzene rings is 2. The van der Waals surface area contributed by atoms with Crippen LogP contribution >= 0.6 is 0 Å². The summed E-state index contributed by atoms with van der Waals surface area (Å²) in [5.74, 6) is 0.184. The molecule has 1 aliphatic rings. The van der Waals surface area contributed by atoms with E-state index in [9.17, 15) is 14.4 Å². The Morgan fingerprint density at radius 1 is 1.09 bits per heavy atom. The van der Waals surface area contributed by atoms with Crippen molar-refractivity contribution in [1.82, 2.24) is 14.9 Å². The van der Waals surface area contributed by atoms with Crippen LogP contribution in [0.25, 0.3) is 10.9 Å². The summed E-state index contributed by atoms with van der Waals surface area (Å²) < 4.78 is 11.2. The number of piperidine rings is 1. The minimum Gasteiger partial charge on any atom is -0.484 e. The fraction of sp³-hybridized carbons (Fsp3) is 0.385. The molecule has 1 amide bonds. The van der Waals surface area contributed by atoms with Gasteiger partial charge >= 0.3 is 5.97 Å². The zero-order chi connectivity index (χ0) is 24.2. The molecule has 0 spiro atoms. The van der Waals surface area contributed by atoms with Gasteiger partial charge in [0.2, 0.25) is 0 Å². The lowest BCUT2D eigenvalue weighted by Crippen LogP contribution is -2.49. The maximum Gasteiger partial charge on any atom is 0.338 e. The van der Waals surface area contributed by atoms with Gasteiger partial charge in [-0.25, -0.2) is 9.78 Å². The number of aromatic amines is 1. The second-order valence-electron chi connectivity index (χ2n) is 8.76. The topological polar surface area (TPSA) is 102 Å². The van der Waals surface area contributed by atoms with Crippen molar-refractivity contribution in [2.45, 2.75) is 58.2 Å². The van der Waals surface area contributed by atoms with Gasteiger partial charge in [0.05, 0.1) is 16.5 Å². The summed E-state index contributed by atoms with van der Waals surface area (Å²) in [7, 11) is 0. The molecule has 2 aromatic carbocycles. The average molecular weight is 464 g/mol. The molecule has 0 radical (unpaired) electrons. The molecule has 1 fully saturated rings. The van der Waals surface area contributed by atoms with Crippen LogP contribution in [0.5, 0.6) is 5.75 Å². The van der Waals surface area contributed by atoms with Crippen LogP contribution in [0.2, 0.25) is 0 Å². The number of para-hydroxylation sites is 1. The quantitative estimate of drug-likeness (QED) is 0.554. The minimum atomic E-state index is -0.744. The number of amides is 1. The van der Waals surface area contributed by atoms with Gasteiger partial charge in [-0.15, -0.1) is 0 Å². The molecule has 1 saturated heterocycles. The number of carbonyl (C=O) groups is 2. The van der Waals surface area contributed by atoms with Crippen LogP contribution in [-0.4, -0.2) is 45.4 Å². The molecule has 1 aromatic heterocycles. The number of nitrogens with one attached hydrogen (secondary N) is 1. The van der Waals surface area contributed by atoms with Crippen LogP contribution < -0.4 is 10.3 Å². The number of H-pyrrole nitrogens is 1. The highest BCUT2D eigenvalue weighted by Gasteiger charge is 2.29. The maximum absolute atomic E-state index is 12.6.